The van der Waals surface area contributed by atoms with Gasteiger partial charge in [0.05, 0.1) is 5.75 Å². The lowest BCUT2D eigenvalue weighted by molar-refractivity contribution is 0.575. The molecule has 0 saturated heterocycles. The van der Waals surface area contributed by atoms with Crippen LogP contribution in [0.5, 0.6) is 0 Å². The predicted octanol–water partition coefficient (Wildman–Crippen LogP) is 1.47. The molecule has 5 nitrogen and oxygen atoms in total. The number of imidazole rings is 1. The summed E-state index contributed by atoms with van der Waals surface area (Å²) in [5.41, 5.74) is 1.13. The zero-order valence-electron chi connectivity index (χ0n) is 11.4. The van der Waals surface area contributed by atoms with Crippen molar-refractivity contribution in [2.75, 3.05) is 12.3 Å². The van der Waals surface area contributed by atoms with Crippen LogP contribution in [0.3, 0.4) is 0 Å². The van der Waals surface area contributed by atoms with E-state index in [9.17, 15) is 8.42 Å². The lowest BCUT2D eigenvalue weighted by Crippen LogP contribution is -2.28. The predicted molar refractivity (Wildman–Crippen MR) is 73.0 cm³/mol. The molecule has 0 fully saturated rings. The third-order valence-electron chi connectivity index (χ3n) is 2.73. The molecule has 0 aliphatic carbocycles. The quantitative estimate of drug-likeness (QED) is 0.780. The van der Waals surface area contributed by atoms with Crippen LogP contribution >= 0.6 is 0 Å². The van der Waals surface area contributed by atoms with Gasteiger partial charge in [-0.3, -0.25) is 0 Å². The summed E-state index contributed by atoms with van der Waals surface area (Å²) in [6, 6.07) is 0. The first-order valence-electron chi connectivity index (χ1n) is 6.48. The number of nitrogens with one attached hydrogen (secondary N) is 1. The van der Waals surface area contributed by atoms with E-state index >= 15 is 0 Å². The molecular formula is C12H23N3O2S. The minimum absolute atomic E-state index is 0.190. The molecule has 18 heavy (non-hydrogen) atoms. The molecular weight excluding hydrogens is 250 g/mol. The lowest BCUT2D eigenvalue weighted by atomic mass is 10.3. The molecule has 0 saturated carbocycles. The molecule has 1 rings (SSSR count). The Kier molecular flexibility index (Phi) is 5.81. The monoisotopic (exact) mass is 273 g/mol. The van der Waals surface area contributed by atoms with E-state index in [2.05, 4.69) is 21.2 Å². The Morgan fingerprint density at radius 1 is 1.33 bits per heavy atom. The molecule has 0 aliphatic heterocycles. The molecule has 6 heteroatoms. The molecule has 0 atom stereocenters. The topological polar surface area (TPSA) is 64.0 Å². The average molecular weight is 273 g/mol. The van der Waals surface area contributed by atoms with Crippen LogP contribution in [0.2, 0.25) is 0 Å². The number of aryl methyl sites for hydroxylation is 1. The summed E-state index contributed by atoms with van der Waals surface area (Å²) in [6.45, 7) is 7.35. The maximum absolute atomic E-state index is 11.5. The fourth-order valence-electron chi connectivity index (χ4n) is 1.90. The van der Waals surface area contributed by atoms with Crippen molar-refractivity contribution in [1.82, 2.24) is 14.3 Å². The minimum Gasteiger partial charge on any atom is -0.332 e. The maximum atomic E-state index is 11.5. The van der Waals surface area contributed by atoms with Gasteiger partial charge in [-0.25, -0.2) is 18.1 Å². The molecule has 104 valence electrons. The normalized spacial score (nSPS) is 11.9. The highest BCUT2D eigenvalue weighted by Gasteiger charge is 2.10. The molecule has 0 aromatic carbocycles. The van der Waals surface area contributed by atoms with Crippen LogP contribution in [-0.4, -0.2) is 30.3 Å². The van der Waals surface area contributed by atoms with Gasteiger partial charge in [0.15, 0.2) is 0 Å². The molecule has 1 aromatic rings. The van der Waals surface area contributed by atoms with Crippen molar-refractivity contribution in [3.63, 3.8) is 0 Å². The van der Waals surface area contributed by atoms with Gasteiger partial charge in [-0.05, 0) is 19.8 Å². The summed E-state index contributed by atoms with van der Waals surface area (Å²) >= 11 is 0. The smallest absolute Gasteiger partial charge is 0.211 e. The molecule has 0 bridgehead atoms. The molecule has 0 unspecified atom stereocenters. The number of aromatic nitrogens is 2. The fraction of sp³-hybridized carbons (Fsp3) is 0.750. The number of rotatable bonds is 8. The van der Waals surface area contributed by atoms with Crippen LogP contribution in [-0.2, 0) is 23.0 Å². The molecule has 0 radical (unpaired) electrons. The number of nitrogens with zero attached hydrogens (tertiary/aromatic N) is 2. The third kappa shape index (κ3) is 4.42. The van der Waals surface area contributed by atoms with E-state index in [1.807, 2.05) is 20.0 Å². The Morgan fingerprint density at radius 3 is 2.67 bits per heavy atom. The largest absolute Gasteiger partial charge is 0.332 e. The van der Waals surface area contributed by atoms with Crippen molar-refractivity contribution in [2.24, 2.45) is 0 Å². The van der Waals surface area contributed by atoms with Gasteiger partial charge >= 0.3 is 0 Å². The zero-order valence-corrected chi connectivity index (χ0v) is 12.3. The van der Waals surface area contributed by atoms with Crippen LogP contribution in [0, 0.1) is 6.92 Å². The van der Waals surface area contributed by atoms with Crippen molar-refractivity contribution in [3.05, 3.63) is 17.7 Å². The highest BCUT2D eigenvalue weighted by atomic mass is 32.2. The first-order chi connectivity index (χ1) is 8.50. The van der Waals surface area contributed by atoms with Crippen molar-refractivity contribution in [2.45, 2.75) is 46.6 Å². The van der Waals surface area contributed by atoms with Gasteiger partial charge in [0.25, 0.3) is 0 Å². The fourth-order valence-corrected chi connectivity index (χ4v) is 2.99. The highest BCUT2D eigenvalue weighted by Crippen LogP contribution is 2.06. The standard InChI is InChI=1S/C12H23N3O2S/c1-4-8-15-11(3)10-13-12(15)6-7-14-18(16,17)9-5-2/h10,14H,4-9H2,1-3H3. The first-order valence-corrected chi connectivity index (χ1v) is 8.13. The zero-order chi connectivity index (χ0) is 13.6. The Balaban J connectivity index is 2.54. The summed E-state index contributed by atoms with van der Waals surface area (Å²) < 4.78 is 27.7. The lowest BCUT2D eigenvalue weighted by Gasteiger charge is -2.09. The van der Waals surface area contributed by atoms with Gasteiger partial charge < -0.3 is 4.57 Å². The highest BCUT2D eigenvalue weighted by molar-refractivity contribution is 7.89. The molecule has 1 N–H and O–H groups in total. The summed E-state index contributed by atoms with van der Waals surface area (Å²) in [6.07, 6.45) is 4.16. The molecule has 0 amide bonds. The van der Waals surface area contributed by atoms with Crippen molar-refractivity contribution in [3.8, 4) is 0 Å². The van der Waals surface area contributed by atoms with E-state index in [1.54, 1.807) is 0 Å². The van der Waals surface area contributed by atoms with E-state index in [1.165, 1.54) is 0 Å². The van der Waals surface area contributed by atoms with Crippen LogP contribution in [0.1, 0.15) is 38.2 Å². The van der Waals surface area contributed by atoms with E-state index in [4.69, 9.17) is 0 Å². The second-order valence-electron chi connectivity index (χ2n) is 4.43. The summed E-state index contributed by atoms with van der Waals surface area (Å²) in [5.74, 6) is 1.14. The van der Waals surface area contributed by atoms with E-state index < -0.39 is 10.0 Å². The second-order valence-corrected chi connectivity index (χ2v) is 6.36. The van der Waals surface area contributed by atoms with Gasteiger partial charge in [-0.2, -0.15) is 0 Å². The minimum atomic E-state index is -3.11. The first kappa shape index (κ1) is 15.2. The SMILES string of the molecule is CCCn1c(C)cnc1CCNS(=O)(=O)CCC. The summed E-state index contributed by atoms with van der Waals surface area (Å²) in [5, 5.41) is 0. The maximum Gasteiger partial charge on any atom is 0.211 e. The summed E-state index contributed by atoms with van der Waals surface area (Å²) in [4.78, 5) is 4.33. The number of hydrogen-bond donors (Lipinski definition) is 1. The van der Waals surface area contributed by atoms with Gasteiger partial charge in [0.1, 0.15) is 5.82 Å². The summed E-state index contributed by atoms with van der Waals surface area (Å²) in [7, 11) is -3.11. The van der Waals surface area contributed by atoms with Crippen LogP contribution in [0.25, 0.3) is 0 Å². The Labute approximate surface area is 110 Å². The van der Waals surface area contributed by atoms with Crippen molar-refractivity contribution in [1.29, 1.82) is 0 Å². The molecule has 0 spiro atoms. The van der Waals surface area contributed by atoms with Gasteiger partial charge in [0, 0.05) is 31.4 Å². The van der Waals surface area contributed by atoms with Crippen molar-refractivity contribution < 1.29 is 8.42 Å². The van der Waals surface area contributed by atoms with E-state index in [0.717, 1.165) is 24.5 Å². The van der Waals surface area contributed by atoms with Crippen LogP contribution < -0.4 is 4.72 Å². The van der Waals surface area contributed by atoms with E-state index in [-0.39, 0.29) is 5.75 Å². The van der Waals surface area contributed by atoms with Gasteiger partial charge in [-0.1, -0.05) is 13.8 Å². The Hall–Kier alpha value is -0.880. The molecule has 0 aliphatic rings. The van der Waals surface area contributed by atoms with Crippen LogP contribution in [0.15, 0.2) is 6.20 Å². The molecule has 1 heterocycles. The Morgan fingerprint density at radius 2 is 2.06 bits per heavy atom. The van der Waals surface area contributed by atoms with Gasteiger partial charge in [0.2, 0.25) is 10.0 Å². The van der Waals surface area contributed by atoms with E-state index in [0.29, 0.717) is 19.4 Å². The second kappa shape index (κ2) is 6.89. The third-order valence-corrected chi connectivity index (χ3v) is 4.32. The number of hydrogen-bond acceptors (Lipinski definition) is 3. The van der Waals surface area contributed by atoms with Crippen molar-refractivity contribution >= 4 is 10.0 Å². The van der Waals surface area contributed by atoms with Crippen LogP contribution in [0.4, 0.5) is 0 Å². The molecule has 1 aromatic heterocycles. The Bertz CT molecular complexity index is 466. The number of sulfonamides is 1. The average Bonchev–Trinajstić information content (AvgIpc) is 2.62. The van der Waals surface area contributed by atoms with Gasteiger partial charge in [-0.15, -0.1) is 0 Å².